The number of hydrogen-bond donors (Lipinski definition) is 1. The van der Waals surface area contributed by atoms with Crippen LogP contribution >= 0.6 is 11.6 Å². The van der Waals surface area contributed by atoms with Crippen LogP contribution in [0.4, 0.5) is 0 Å². The molecule has 1 aromatic carbocycles. The maximum Gasteiger partial charge on any atom is 0.251 e. The zero-order chi connectivity index (χ0) is 17.0. The van der Waals surface area contributed by atoms with E-state index in [0.717, 1.165) is 0 Å². The Morgan fingerprint density at radius 2 is 1.96 bits per heavy atom. The van der Waals surface area contributed by atoms with Gasteiger partial charge in [0.05, 0.1) is 18.1 Å². The summed E-state index contributed by atoms with van der Waals surface area (Å²) in [6.07, 6.45) is 0.451. The second-order valence-electron chi connectivity index (χ2n) is 5.43. The van der Waals surface area contributed by atoms with E-state index >= 15 is 0 Å². The van der Waals surface area contributed by atoms with Crippen LogP contribution in [0.15, 0.2) is 24.3 Å². The number of rotatable bonds is 5. The summed E-state index contributed by atoms with van der Waals surface area (Å²) >= 11 is 5.76. The standard InChI is InChI=1S/C15H19ClN2O4S/c1-2-18(13-7-8-23(21,22)10-13)14(19)9-17-15(20)11-3-5-12(16)6-4-11/h3-6,13H,2,7-10H2,1H3,(H,17,20). The summed E-state index contributed by atoms with van der Waals surface area (Å²) < 4.78 is 23.1. The van der Waals surface area contributed by atoms with Gasteiger partial charge in [0.1, 0.15) is 0 Å². The van der Waals surface area contributed by atoms with E-state index in [1.807, 2.05) is 0 Å². The summed E-state index contributed by atoms with van der Waals surface area (Å²) in [5.41, 5.74) is 0.411. The van der Waals surface area contributed by atoms with E-state index < -0.39 is 9.84 Å². The van der Waals surface area contributed by atoms with E-state index in [9.17, 15) is 18.0 Å². The largest absolute Gasteiger partial charge is 0.343 e. The lowest BCUT2D eigenvalue weighted by Gasteiger charge is -2.27. The van der Waals surface area contributed by atoms with Crippen molar-refractivity contribution in [1.29, 1.82) is 0 Å². The fraction of sp³-hybridized carbons (Fsp3) is 0.467. The Balaban J connectivity index is 1.92. The van der Waals surface area contributed by atoms with E-state index in [1.54, 1.807) is 31.2 Å². The molecule has 8 heteroatoms. The van der Waals surface area contributed by atoms with Gasteiger partial charge in [-0.2, -0.15) is 0 Å². The molecule has 0 aliphatic carbocycles. The summed E-state index contributed by atoms with van der Waals surface area (Å²) in [4.78, 5) is 25.8. The minimum atomic E-state index is -3.06. The zero-order valence-corrected chi connectivity index (χ0v) is 14.4. The first-order chi connectivity index (χ1) is 10.8. The number of carbonyl (C=O) groups excluding carboxylic acids is 2. The number of benzene rings is 1. The summed E-state index contributed by atoms with van der Waals surface area (Å²) in [6, 6.07) is 6.04. The molecule has 1 aliphatic rings. The molecule has 1 N–H and O–H groups in total. The lowest BCUT2D eigenvalue weighted by atomic mass is 10.2. The zero-order valence-electron chi connectivity index (χ0n) is 12.8. The highest BCUT2D eigenvalue weighted by Gasteiger charge is 2.33. The van der Waals surface area contributed by atoms with Gasteiger partial charge in [0.15, 0.2) is 9.84 Å². The molecule has 0 spiro atoms. The first kappa shape index (κ1) is 17.7. The number of nitrogens with one attached hydrogen (secondary N) is 1. The van der Waals surface area contributed by atoms with Gasteiger partial charge in [-0.3, -0.25) is 9.59 Å². The quantitative estimate of drug-likeness (QED) is 0.854. The highest BCUT2D eigenvalue weighted by molar-refractivity contribution is 7.91. The van der Waals surface area contributed by atoms with Crippen LogP contribution < -0.4 is 5.32 Å². The van der Waals surface area contributed by atoms with Gasteiger partial charge in [0.25, 0.3) is 5.91 Å². The molecule has 1 aliphatic heterocycles. The number of halogens is 1. The normalized spacial score (nSPS) is 19.3. The smallest absolute Gasteiger partial charge is 0.251 e. The molecule has 0 bridgehead atoms. The van der Waals surface area contributed by atoms with Crippen LogP contribution in [0.5, 0.6) is 0 Å². The number of amides is 2. The van der Waals surface area contributed by atoms with Crippen LogP contribution in [0, 0.1) is 0 Å². The Hall–Kier alpha value is -1.60. The summed E-state index contributed by atoms with van der Waals surface area (Å²) in [7, 11) is -3.06. The van der Waals surface area contributed by atoms with E-state index in [1.165, 1.54) is 4.90 Å². The highest BCUT2D eigenvalue weighted by Crippen LogP contribution is 2.17. The van der Waals surface area contributed by atoms with Gasteiger partial charge in [-0.05, 0) is 37.6 Å². The molecule has 126 valence electrons. The average molecular weight is 359 g/mol. The van der Waals surface area contributed by atoms with Crippen LogP contribution in [0.25, 0.3) is 0 Å². The van der Waals surface area contributed by atoms with E-state index in [4.69, 9.17) is 11.6 Å². The van der Waals surface area contributed by atoms with Crippen molar-refractivity contribution in [2.24, 2.45) is 0 Å². The molecule has 1 saturated heterocycles. The number of nitrogens with zero attached hydrogens (tertiary/aromatic N) is 1. The van der Waals surface area contributed by atoms with Crippen molar-refractivity contribution in [3.8, 4) is 0 Å². The molecule has 2 amide bonds. The van der Waals surface area contributed by atoms with Crippen molar-refractivity contribution >= 4 is 33.3 Å². The Bertz CT molecular complexity index is 688. The van der Waals surface area contributed by atoms with Gasteiger partial charge in [-0.15, -0.1) is 0 Å². The maximum atomic E-state index is 12.3. The third kappa shape index (κ3) is 4.68. The highest BCUT2D eigenvalue weighted by atomic mass is 35.5. The van der Waals surface area contributed by atoms with E-state index in [0.29, 0.717) is 23.6 Å². The molecular formula is C15H19ClN2O4S. The second kappa shape index (κ2) is 7.31. The minimum absolute atomic E-state index is 0.00227. The van der Waals surface area contributed by atoms with Gasteiger partial charge in [-0.1, -0.05) is 11.6 Å². The van der Waals surface area contributed by atoms with Crippen LogP contribution in [0.1, 0.15) is 23.7 Å². The fourth-order valence-corrected chi connectivity index (χ4v) is 4.48. The van der Waals surface area contributed by atoms with Crippen molar-refractivity contribution in [2.45, 2.75) is 19.4 Å². The topological polar surface area (TPSA) is 83.6 Å². The van der Waals surface area contributed by atoms with Crippen LogP contribution in [0.2, 0.25) is 5.02 Å². The van der Waals surface area contributed by atoms with E-state index in [-0.39, 0.29) is 35.9 Å². The maximum absolute atomic E-state index is 12.3. The van der Waals surface area contributed by atoms with Crippen molar-refractivity contribution in [1.82, 2.24) is 10.2 Å². The summed E-state index contributed by atoms with van der Waals surface area (Å²) in [5, 5.41) is 3.08. The molecule has 1 fully saturated rings. The molecule has 1 unspecified atom stereocenters. The van der Waals surface area contributed by atoms with Crippen molar-refractivity contribution in [3.63, 3.8) is 0 Å². The third-order valence-electron chi connectivity index (χ3n) is 3.82. The van der Waals surface area contributed by atoms with Crippen molar-refractivity contribution < 1.29 is 18.0 Å². The molecule has 6 nitrogen and oxygen atoms in total. The number of hydrogen-bond acceptors (Lipinski definition) is 4. The molecule has 0 aromatic heterocycles. The number of sulfone groups is 1. The molecule has 1 atom stereocenters. The Morgan fingerprint density at radius 3 is 2.48 bits per heavy atom. The van der Waals surface area contributed by atoms with Crippen molar-refractivity contribution in [2.75, 3.05) is 24.6 Å². The predicted octanol–water partition coefficient (Wildman–Crippen LogP) is 1.11. The summed E-state index contributed by atoms with van der Waals surface area (Å²) in [6.45, 7) is 2.05. The minimum Gasteiger partial charge on any atom is -0.343 e. The fourth-order valence-electron chi connectivity index (χ4n) is 2.62. The van der Waals surface area contributed by atoms with Crippen molar-refractivity contribution in [3.05, 3.63) is 34.9 Å². The van der Waals surface area contributed by atoms with Gasteiger partial charge >= 0.3 is 0 Å². The lowest BCUT2D eigenvalue weighted by molar-refractivity contribution is -0.131. The van der Waals surface area contributed by atoms with E-state index in [2.05, 4.69) is 5.32 Å². The second-order valence-corrected chi connectivity index (χ2v) is 8.09. The SMILES string of the molecule is CCN(C(=O)CNC(=O)c1ccc(Cl)cc1)C1CCS(=O)(=O)C1. The first-order valence-electron chi connectivity index (χ1n) is 7.36. The Kier molecular flexibility index (Phi) is 5.64. The van der Waals surface area contributed by atoms with Crippen LogP contribution in [-0.2, 0) is 14.6 Å². The Morgan fingerprint density at radius 1 is 1.30 bits per heavy atom. The van der Waals surface area contributed by atoms with Crippen LogP contribution in [-0.4, -0.2) is 55.8 Å². The van der Waals surface area contributed by atoms with Crippen LogP contribution in [0.3, 0.4) is 0 Å². The number of carbonyl (C=O) groups is 2. The third-order valence-corrected chi connectivity index (χ3v) is 5.82. The summed E-state index contributed by atoms with van der Waals surface area (Å²) in [5.74, 6) is -0.543. The molecule has 0 radical (unpaired) electrons. The Labute approximate surface area is 140 Å². The van der Waals surface area contributed by atoms with Gasteiger partial charge in [0, 0.05) is 23.2 Å². The lowest BCUT2D eigenvalue weighted by Crippen LogP contribution is -2.46. The molecular weight excluding hydrogens is 340 g/mol. The average Bonchev–Trinajstić information content (AvgIpc) is 2.86. The van der Waals surface area contributed by atoms with Gasteiger partial charge < -0.3 is 10.2 Å². The molecule has 1 heterocycles. The first-order valence-corrected chi connectivity index (χ1v) is 9.56. The molecule has 23 heavy (non-hydrogen) atoms. The van der Waals surface area contributed by atoms with Gasteiger partial charge in [0.2, 0.25) is 5.91 Å². The molecule has 0 saturated carbocycles. The number of likely N-dealkylation sites (N-methyl/N-ethyl adjacent to an activating group) is 1. The monoisotopic (exact) mass is 358 g/mol. The predicted molar refractivity (Wildman–Crippen MR) is 88.2 cm³/mol. The molecule has 1 aromatic rings. The molecule has 2 rings (SSSR count). The van der Waals surface area contributed by atoms with Gasteiger partial charge in [-0.25, -0.2) is 8.42 Å².